The van der Waals surface area contributed by atoms with Crippen molar-refractivity contribution in [1.29, 1.82) is 0 Å². The quantitative estimate of drug-likeness (QED) is 0.643. The lowest BCUT2D eigenvalue weighted by atomic mass is 10.1. The van der Waals surface area contributed by atoms with Gasteiger partial charge in [-0.3, -0.25) is 14.4 Å². The zero-order valence-corrected chi connectivity index (χ0v) is 18.7. The van der Waals surface area contributed by atoms with Gasteiger partial charge in [0.15, 0.2) is 6.61 Å². The van der Waals surface area contributed by atoms with Gasteiger partial charge in [0, 0.05) is 37.5 Å². The Morgan fingerprint density at radius 3 is 2.73 bits per heavy atom. The summed E-state index contributed by atoms with van der Waals surface area (Å²) < 4.78 is 11.1. The van der Waals surface area contributed by atoms with Gasteiger partial charge < -0.3 is 25.0 Å². The molecule has 2 aliphatic heterocycles. The molecule has 0 saturated carbocycles. The normalized spacial score (nSPS) is 20.0. The third kappa shape index (κ3) is 6.10. The van der Waals surface area contributed by atoms with Gasteiger partial charge in [0.25, 0.3) is 5.91 Å². The Labute approximate surface area is 193 Å². The largest absolute Gasteiger partial charge is 0.484 e. The van der Waals surface area contributed by atoms with Crippen LogP contribution in [0.2, 0.25) is 0 Å². The number of nitrogens with zero attached hydrogens (tertiary/aromatic N) is 1. The molecule has 2 heterocycles. The number of amides is 3. The summed E-state index contributed by atoms with van der Waals surface area (Å²) in [6, 6.07) is 14.5. The van der Waals surface area contributed by atoms with Crippen molar-refractivity contribution >= 4 is 29.1 Å². The second-order valence-corrected chi connectivity index (χ2v) is 8.49. The van der Waals surface area contributed by atoms with E-state index in [2.05, 4.69) is 10.6 Å². The number of anilines is 2. The van der Waals surface area contributed by atoms with Crippen LogP contribution in [0.5, 0.6) is 5.75 Å². The van der Waals surface area contributed by atoms with Crippen molar-refractivity contribution < 1.29 is 23.9 Å². The van der Waals surface area contributed by atoms with Crippen LogP contribution in [0.4, 0.5) is 11.4 Å². The van der Waals surface area contributed by atoms with Crippen molar-refractivity contribution in [2.24, 2.45) is 5.92 Å². The fourth-order valence-corrected chi connectivity index (χ4v) is 4.09. The number of nitrogens with one attached hydrogen (secondary N) is 2. The maximum absolute atomic E-state index is 12.5. The van der Waals surface area contributed by atoms with Gasteiger partial charge in [0.2, 0.25) is 11.8 Å². The minimum absolute atomic E-state index is 0.0774. The molecule has 0 radical (unpaired) electrons. The van der Waals surface area contributed by atoms with Crippen LogP contribution in [0.1, 0.15) is 24.8 Å². The van der Waals surface area contributed by atoms with Gasteiger partial charge in [0.1, 0.15) is 5.75 Å². The molecule has 8 heteroatoms. The second-order valence-electron chi connectivity index (χ2n) is 8.49. The SMILES string of the molecule is Cc1cccc(NC(=O)COc2ccc(N3C[C@@H](C(=O)NC[C@@H]4CCCO4)CC3=O)cc2)c1. The molecule has 0 spiro atoms. The lowest BCUT2D eigenvalue weighted by Gasteiger charge is -2.18. The van der Waals surface area contributed by atoms with Crippen LogP contribution in [0.15, 0.2) is 48.5 Å². The minimum atomic E-state index is -0.375. The number of hydrogen-bond acceptors (Lipinski definition) is 5. The number of benzene rings is 2. The van der Waals surface area contributed by atoms with Gasteiger partial charge >= 0.3 is 0 Å². The van der Waals surface area contributed by atoms with E-state index in [1.165, 1.54) is 0 Å². The van der Waals surface area contributed by atoms with Gasteiger partial charge in [-0.15, -0.1) is 0 Å². The zero-order chi connectivity index (χ0) is 23.2. The van der Waals surface area contributed by atoms with Crippen LogP contribution in [0.3, 0.4) is 0 Å². The van der Waals surface area contributed by atoms with Crippen LogP contribution in [-0.2, 0) is 19.1 Å². The topological polar surface area (TPSA) is 97.0 Å². The van der Waals surface area contributed by atoms with E-state index < -0.39 is 0 Å². The minimum Gasteiger partial charge on any atom is -0.484 e. The summed E-state index contributed by atoms with van der Waals surface area (Å²) in [5.74, 6) is -0.300. The molecule has 8 nitrogen and oxygen atoms in total. The number of aryl methyl sites for hydroxylation is 1. The molecule has 2 fully saturated rings. The van der Waals surface area contributed by atoms with Crippen LogP contribution < -0.4 is 20.3 Å². The molecule has 0 aromatic heterocycles. The first kappa shape index (κ1) is 22.8. The molecule has 33 heavy (non-hydrogen) atoms. The van der Waals surface area contributed by atoms with Crippen molar-refractivity contribution in [2.75, 3.05) is 36.5 Å². The highest BCUT2D eigenvalue weighted by Crippen LogP contribution is 2.27. The Morgan fingerprint density at radius 1 is 1.18 bits per heavy atom. The summed E-state index contributed by atoms with van der Waals surface area (Å²) >= 11 is 0. The Morgan fingerprint density at radius 2 is 2.00 bits per heavy atom. The molecular formula is C25H29N3O5. The Hall–Kier alpha value is -3.39. The molecule has 174 valence electrons. The van der Waals surface area contributed by atoms with Gasteiger partial charge in [0.05, 0.1) is 12.0 Å². The first-order valence-corrected chi connectivity index (χ1v) is 11.3. The zero-order valence-electron chi connectivity index (χ0n) is 18.7. The van der Waals surface area contributed by atoms with E-state index in [9.17, 15) is 14.4 Å². The number of rotatable bonds is 8. The van der Waals surface area contributed by atoms with E-state index in [1.54, 1.807) is 29.2 Å². The van der Waals surface area contributed by atoms with Gasteiger partial charge in [-0.05, 0) is 61.7 Å². The van der Waals surface area contributed by atoms with E-state index in [-0.39, 0.29) is 42.8 Å². The Bertz CT molecular complexity index is 1000. The standard InChI is InChI=1S/C25H29N3O5/c1-17-4-2-5-19(12-17)27-23(29)16-33-21-9-7-20(8-10-21)28-15-18(13-24(28)30)25(31)26-14-22-6-3-11-32-22/h2,4-5,7-10,12,18,22H,3,6,11,13-16H2,1H3,(H,26,31)(H,27,29)/t18-,22-/m0/s1. The number of carbonyl (C=O) groups excluding carboxylic acids is 3. The van der Waals surface area contributed by atoms with Crippen molar-refractivity contribution in [3.05, 3.63) is 54.1 Å². The lowest BCUT2D eigenvalue weighted by Crippen LogP contribution is -2.37. The highest BCUT2D eigenvalue weighted by molar-refractivity contribution is 6.00. The molecule has 2 N–H and O–H groups in total. The maximum atomic E-state index is 12.5. The van der Waals surface area contributed by atoms with Gasteiger partial charge in [-0.1, -0.05) is 12.1 Å². The summed E-state index contributed by atoms with van der Waals surface area (Å²) in [7, 11) is 0. The molecular weight excluding hydrogens is 422 g/mol. The monoisotopic (exact) mass is 451 g/mol. The van der Waals surface area contributed by atoms with Crippen LogP contribution in [0, 0.1) is 12.8 Å². The first-order chi connectivity index (χ1) is 16.0. The van der Waals surface area contributed by atoms with E-state index in [1.807, 2.05) is 31.2 Å². The van der Waals surface area contributed by atoms with E-state index in [0.29, 0.717) is 24.5 Å². The molecule has 0 bridgehead atoms. The van der Waals surface area contributed by atoms with Crippen LogP contribution in [0.25, 0.3) is 0 Å². The highest BCUT2D eigenvalue weighted by Gasteiger charge is 2.35. The summed E-state index contributed by atoms with van der Waals surface area (Å²) in [4.78, 5) is 38.7. The van der Waals surface area contributed by atoms with E-state index >= 15 is 0 Å². The van der Waals surface area contributed by atoms with E-state index in [4.69, 9.17) is 9.47 Å². The maximum Gasteiger partial charge on any atom is 0.262 e. The molecule has 4 rings (SSSR count). The van der Waals surface area contributed by atoms with Gasteiger partial charge in [-0.2, -0.15) is 0 Å². The molecule has 2 atom stereocenters. The average molecular weight is 452 g/mol. The summed E-state index contributed by atoms with van der Waals surface area (Å²) in [5, 5.41) is 5.71. The molecule has 3 amide bonds. The third-order valence-electron chi connectivity index (χ3n) is 5.84. The molecule has 2 aromatic carbocycles. The summed E-state index contributed by atoms with van der Waals surface area (Å²) in [5.41, 5.74) is 2.48. The molecule has 0 unspecified atom stereocenters. The second kappa shape index (κ2) is 10.5. The molecule has 2 saturated heterocycles. The number of hydrogen-bond donors (Lipinski definition) is 2. The number of ether oxygens (including phenoxy) is 2. The third-order valence-corrected chi connectivity index (χ3v) is 5.84. The Balaban J connectivity index is 1.25. The van der Waals surface area contributed by atoms with Gasteiger partial charge in [-0.25, -0.2) is 0 Å². The average Bonchev–Trinajstić information content (AvgIpc) is 3.46. The van der Waals surface area contributed by atoms with E-state index in [0.717, 1.165) is 30.7 Å². The van der Waals surface area contributed by atoms with Crippen molar-refractivity contribution in [2.45, 2.75) is 32.3 Å². The van der Waals surface area contributed by atoms with Crippen molar-refractivity contribution in [3.8, 4) is 5.75 Å². The summed E-state index contributed by atoms with van der Waals surface area (Å²) in [6.07, 6.45) is 2.24. The lowest BCUT2D eigenvalue weighted by molar-refractivity contribution is -0.126. The highest BCUT2D eigenvalue weighted by atomic mass is 16.5. The number of carbonyl (C=O) groups is 3. The van der Waals surface area contributed by atoms with Crippen LogP contribution >= 0.6 is 0 Å². The Kier molecular flexibility index (Phi) is 7.24. The fourth-order valence-electron chi connectivity index (χ4n) is 4.09. The molecule has 0 aliphatic carbocycles. The molecule has 2 aliphatic rings. The fraction of sp³-hybridized carbons (Fsp3) is 0.400. The van der Waals surface area contributed by atoms with Crippen molar-refractivity contribution in [3.63, 3.8) is 0 Å². The smallest absolute Gasteiger partial charge is 0.262 e. The predicted octanol–water partition coefficient (Wildman–Crippen LogP) is 2.66. The predicted molar refractivity (Wildman–Crippen MR) is 124 cm³/mol. The molecule has 2 aromatic rings. The first-order valence-electron chi connectivity index (χ1n) is 11.3. The van der Waals surface area contributed by atoms with Crippen molar-refractivity contribution in [1.82, 2.24) is 5.32 Å². The van der Waals surface area contributed by atoms with Crippen LogP contribution in [-0.4, -0.2) is 50.1 Å². The summed E-state index contributed by atoms with van der Waals surface area (Å²) in [6.45, 7) is 3.41.